The second-order valence-corrected chi connectivity index (χ2v) is 4.72. The Morgan fingerprint density at radius 3 is 2.42 bits per heavy atom. The molecule has 0 bridgehead atoms. The third-order valence-electron chi connectivity index (χ3n) is 3.19. The Bertz CT molecular complexity index is 362. The van der Waals surface area contributed by atoms with Gasteiger partial charge >= 0.3 is 0 Å². The number of nitrogens with one attached hydrogen (secondary N) is 1. The summed E-state index contributed by atoms with van der Waals surface area (Å²) in [7, 11) is 1.68. The molecule has 0 radical (unpaired) electrons. The van der Waals surface area contributed by atoms with Crippen LogP contribution in [0.25, 0.3) is 0 Å². The molecule has 0 aliphatic rings. The summed E-state index contributed by atoms with van der Waals surface area (Å²) in [5, 5.41) is 3.40. The molecular formula is C16H27NO2. The average molecular weight is 265 g/mol. The highest BCUT2D eigenvalue weighted by Gasteiger charge is 2.11. The summed E-state index contributed by atoms with van der Waals surface area (Å²) in [4.78, 5) is 0. The molecule has 0 saturated carbocycles. The molecule has 0 fully saturated rings. The van der Waals surface area contributed by atoms with Crippen molar-refractivity contribution in [3.8, 4) is 11.5 Å². The minimum absolute atomic E-state index is 0.257. The van der Waals surface area contributed by atoms with E-state index in [9.17, 15) is 0 Å². The van der Waals surface area contributed by atoms with Gasteiger partial charge in [0.05, 0.1) is 13.2 Å². The van der Waals surface area contributed by atoms with Gasteiger partial charge < -0.3 is 14.8 Å². The van der Waals surface area contributed by atoms with Gasteiger partial charge in [0.2, 0.25) is 0 Å². The van der Waals surface area contributed by atoms with Gasteiger partial charge in [0.15, 0.2) is 11.5 Å². The normalized spacial score (nSPS) is 10.8. The van der Waals surface area contributed by atoms with Crippen molar-refractivity contribution >= 4 is 0 Å². The molecule has 108 valence electrons. The van der Waals surface area contributed by atoms with E-state index in [4.69, 9.17) is 9.47 Å². The van der Waals surface area contributed by atoms with Crippen LogP contribution in [-0.2, 0) is 6.54 Å². The van der Waals surface area contributed by atoms with Crippen molar-refractivity contribution in [2.24, 2.45) is 0 Å². The topological polar surface area (TPSA) is 30.5 Å². The maximum Gasteiger partial charge on any atom is 0.161 e. The zero-order valence-electron chi connectivity index (χ0n) is 12.7. The van der Waals surface area contributed by atoms with Crippen LogP contribution >= 0.6 is 0 Å². The first-order chi connectivity index (χ1) is 9.24. The van der Waals surface area contributed by atoms with Crippen molar-refractivity contribution in [3.63, 3.8) is 0 Å². The first kappa shape index (κ1) is 15.8. The van der Waals surface area contributed by atoms with Gasteiger partial charge in [0.1, 0.15) is 0 Å². The van der Waals surface area contributed by atoms with E-state index in [2.05, 4.69) is 38.2 Å². The lowest BCUT2D eigenvalue weighted by Gasteiger charge is -2.18. The van der Waals surface area contributed by atoms with Crippen molar-refractivity contribution in [3.05, 3.63) is 23.8 Å². The maximum absolute atomic E-state index is 6.03. The van der Waals surface area contributed by atoms with Crippen LogP contribution in [0.4, 0.5) is 0 Å². The van der Waals surface area contributed by atoms with E-state index in [1.807, 2.05) is 6.07 Å². The molecule has 0 spiro atoms. The number of ether oxygens (including phenoxy) is 2. The molecule has 0 aliphatic carbocycles. The van der Waals surface area contributed by atoms with Crippen molar-refractivity contribution in [2.45, 2.75) is 52.7 Å². The van der Waals surface area contributed by atoms with Crippen LogP contribution in [0.1, 0.15) is 45.6 Å². The van der Waals surface area contributed by atoms with E-state index in [0.29, 0.717) is 0 Å². The summed E-state index contributed by atoms with van der Waals surface area (Å²) in [6, 6.07) is 6.15. The molecule has 0 aromatic heterocycles. The number of hydrogen-bond acceptors (Lipinski definition) is 3. The molecule has 1 N–H and O–H groups in total. The molecule has 0 saturated heterocycles. The van der Waals surface area contributed by atoms with Gasteiger partial charge in [-0.15, -0.1) is 0 Å². The molecular weight excluding hydrogens is 238 g/mol. The SMILES string of the molecule is CCCNCc1ccc(OC)c(OC(CC)CC)c1. The van der Waals surface area contributed by atoms with Gasteiger partial charge in [-0.2, -0.15) is 0 Å². The highest BCUT2D eigenvalue weighted by Crippen LogP contribution is 2.29. The second-order valence-electron chi connectivity index (χ2n) is 4.72. The minimum atomic E-state index is 0.257. The zero-order chi connectivity index (χ0) is 14.1. The standard InChI is InChI=1S/C16H27NO2/c1-5-10-17-12-13-8-9-15(18-4)16(11-13)19-14(6-2)7-3/h8-9,11,14,17H,5-7,10,12H2,1-4H3. The molecule has 0 aliphatic heterocycles. The Kier molecular flexibility index (Phi) is 7.34. The minimum Gasteiger partial charge on any atom is -0.493 e. The molecule has 1 aromatic carbocycles. The average Bonchev–Trinajstić information content (AvgIpc) is 2.45. The van der Waals surface area contributed by atoms with Crippen LogP contribution in [0.15, 0.2) is 18.2 Å². The highest BCUT2D eigenvalue weighted by molar-refractivity contribution is 5.43. The predicted octanol–water partition coefficient (Wildman–Crippen LogP) is 3.76. The van der Waals surface area contributed by atoms with Crippen molar-refractivity contribution in [1.29, 1.82) is 0 Å². The largest absolute Gasteiger partial charge is 0.493 e. The van der Waals surface area contributed by atoms with E-state index in [1.54, 1.807) is 7.11 Å². The number of benzene rings is 1. The van der Waals surface area contributed by atoms with Gasteiger partial charge in [-0.1, -0.05) is 26.8 Å². The Morgan fingerprint density at radius 2 is 1.84 bits per heavy atom. The molecule has 0 atom stereocenters. The van der Waals surface area contributed by atoms with Crippen molar-refractivity contribution in [2.75, 3.05) is 13.7 Å². The van der Waals surface area contributed by atoms with E-state index in [-0.39, 0.29) is 6.10 Å². The monoisotopic (exact) mass is 265 g/mol. The van der Waals surface area contributed by atoms with Gasteiger partial charge in [0.25, 0.3) is 0 Å². The van der Waals surface area contributed by atoms with Crippen LogP contribution in [0.2, 0.25) is 0 Å². The summed E-state index contributed by atoms with van der Waals surface area (Å²) in [6.07, 6.45) is 3.43. The summed E-state index contributed by atoms with van der Waals surface area (Å²) in [5.41, 5.74) is 1.23. The first-order valence-electron chi connectivity index (χ1n) is 7.29. The Morgan fingerprint density at radius 1 is 1.11 bits per heavy atom. The quantitative estimate of drug-likeness (QED) is 0.690. The lowest BCUT2D eigenvalue weighted by atomic mass is 10.1. The highest BCUT2D eigenvalue weighted by atomic mass is 16.5. The fraction of sp³-hybridized carbons (Fsp3) is 0.625. The van der Waals surface area contributed by atoms with Crippen LogP contribution in [0.3, 0.4) is 0 Å². The predicted molar refractivity (Wildman–Crippen MR) is 80.0 cm³/mol. The summed E-state index contributed by atoms with van der Waals surface area (Å²) in [5.74, 6) is 1.66. The van der Waals surface area contributed by atoms with Crippen LogP contribution in [0, 0.1) is 0 Å². The van der Waals surface area contributed by atoms with Crippen molar-refractivity contribution in [1.82, 2.24) is 5.32 Å². The van der Waals surface area contributed by atoms with Crippen LogP contribution in [0.5, 0.6) is 11.5 Å². The van der Waals surface area contributed by atoms with E-state index < -0.39 is 0 Å². The number of rotatable bonds is 9. The molecule has 19 heavy (non-hydrogen) atoms. The lowest BCUT2D eigenvalue weighted by Crippen LogP contribution is -2.16. The van der Waals surface area contributed by atoms with Crippen LogP contribution in [-0.4, -0.2) is 19.8 Å². The molecule has 3 heteroatoms. The third-order valence-corrected chi connectivity index (χ3v) is 3.19. The summed E-state index contributed by atoms with van der Waals surface area (Å²) < 4.78 is 11.4. The van der Waals surface area contributed by atoms with E-state index >= 15 is 0 Å². The molecule has 0 amide bonds. The maximum atomic E-state index is 6.03. The summed E-state index contributed by atoms with van der Waals surface area (Å²) >= 11 is 0. The van der Waals surface area contributed by atoms with Gasteiger partial charge in [-0.25, -0.2) is 0 Å². The number of hydrogen-bond donors (Lipinski definition) is 1. The Hall–Kier alpha value is -1.22. The van der Waals surface area contributed by atoms with E-state index in [0.717, 1.165) is 43.9 Å². The number of methoxy groups -OCH3 is 1. The van der Waals surface area contributed by atoms with Gasteiger partial charge in [-0.05, 0) is 43.5 Å². The smallest absolute Gasteiger partial charge is 0.161 e. The van der Waals surface area contributed by atoms with Crippen molar-refractivity contribution < 1.29 is 9.47 Å². The third kappa shape index (κ3) is 5.11. The second kappa shape index (κ2) is 8.81. The molecule has 3 nitrogen and oxygen atoms in total. The summed E-state index contributed by atoms with van der Waals surface area (Å²) in [6.45, 7) is 8.37. The first-order valence-corrected chi connectivity index (χ1v) is 7.29. The zero-order valence-corrected chi connectivity index (χ0v) is 12.7. The Labute approximate surface area is 117 Å². The molecule has 0 heterocycles. The van der Waals surface area contributed by atoms with E-state index in [1.165, 1.54) is 5.56 Å². The van der Waals surface area contributed by atoms with Crippen LogP contribution < -0.4 is 14.8 Å². The Balaban J connectivity index is 2.77. The molecule has 0 unspecified atom stereocenters. The molecule has 1 aromatic rings. The fourth-order valence-electron chi connectivity index (χ4n) is 1.97. The van der Waals surface area contributed by atoms with Gasteiger partial charge in [-0.3, -0.25) is 0 Å². The molecule has 1 rings (SSSR count). The fourth-order valence-corrected chi connectivity index (χ4v) is 1.97. The van der Waals surface area contributed by atoms with Gasteiger partial charge in [0, 0.05) is 6.54 Å². The lowest BCUT2D eigenvalue weighted by molar-refractivity contribution is 0.185.